The summed E-state index contributed by atoms with van der Waals surface area (Å²) in [6.45, 7) is 12.5. The first-order chi connectivity index (χ1) is 13.0. The molecule has 0 aliphatic rings. The van der Waals surface area contributed by atoms with Gasteiger partial charge in [-0.3, -0.25) is 4.79 Å². The Morgan fingerprint density at radius 2 is 1.67 bits per heavy atom. The molecule has 1 amide bonds. The largest absolute Gasteiger partial charge is 0.493 e. The zero-order chi connectivity index (χ0) is 19.8. The van der Waals surface area contributed by atoms with E-state index in [0.29, 0.717) is 37.8 Å². The van der Waals surface area contributed by atoms with E-state index in [1.165, 1.54) is 5.56 Å². The predicted octanol–water partition coefficient (Wildman–Crippen LogP) is 5.27. The first kappa shape index (κ1) is 20.8. The fourth-order valence-electron chi connectivity index (χ4n) is 3.06. The number of carbonyl (C=O) groups excluding carboxylic acids is 1. The zero-order valence-electron chi connectivity index (χ0n) is 17.1. The van der Waals surface area contributed by atoms with Crippen molar-refractivity contribution >= 4 is 5.91 Å². The van der Waals surface area contributed by atoms with Crippen molar-refractivity contribution in [1.82, 2.24) is 4.90 Å². The SMILES string of the molecule is CCOc1ccc(C(=O)N(CC)CC)cc1COc1ccccc1C(C)C. The molecule has 2 aromatic rings. The Labute approximate surface area is 163 Å². The molecule has 0 heterocycles. The smallest absolute Gasteiger partial charge is 0.253 e. The van der Waals surface area contributed by atoms with E-state index in [9.17, 15) is 4.79 Å². The lowest BCUT2D eigenvalue weighted by Crippen LogP contribution is -2.30. The average molecular weight is 370 g/mol. The summed E-state index contributed by atoms with van der Waals surface area (Å²) in [6.07, 6.45) is 0. The Morgan fingerprint density at radius 1 is 0.963 bits per heavy atom. The second-order valence-corrected chi connectivity index (χ2v) is 6.71. The van der Waals surface area contributed by atoms with Crippen molar-refractivity contribution < 1.29 is 14.3 Å². The molecule has 27 heavy (non-hydrogen) atoms. The van der Waals surface area contributed by atoms with Gasteiger partial charge in [0.05, 0.1) is 6.61 Å². The summed E-state index contributed by atoms with van der Waals surface area (Å²) in [5.41, 5.74) is 2.72. The maximum absolute atomic E-state index is 12.7. The minimum Gasteiger partial charge on any atom is -0.493 e. The summed E-state index contributed by atoms with van der Waals surface area (Å²) in [5, 5.41) is 0. The lowest BCUT2D eigenvalue weighted by atomic mass is 10.0. The Bertz CT molecular complexity index is 751. The number of amides is 1. The van der Waals surface area contributed by atoms with Crippen LogP contribution in [0.15, 0.2) is 42.5 Å². The van der Waals surface area contributed by atoms with Crippen molar-refractivity contribution in [2.24, 2.45) is 0 Å². The number of hydrogen-bond acceptors (Lipinski definition) is 3. The molecule has 4 heteroatoms. The fourth-order valence-corrected chi connectivity index (χ4v) is 3.06. The van der Waals surface area contributed by atoms with Gasteiger partial charge in [-0.1, -0.05) is 32.0 Å². The Balaban J connectivity index is 2.28. The Hall–Kier alpha value is -2.49. The summed E-state index contributed by atoms with van der Waals surface area (Å²) in [4.78, 5) is 14.5. The van der Waals surface area contributed by atoms with Crippen LogP contribution >= 0.6 is 0 Å². The van der Waals surface area contributed by atoms with E-state index in [-0.39, 0.29) is 5.91 Å². The molecular weight excluding hydrogens is 338 g/mol. The van der Waals surface area contributed by atoms with Gasteiger partial charge in [0.2, 0.25) is 0 Å². The molecular formula is C23H31NO3. The molecule has 0 spiro atoms. The van der Waals surface area contributed by atoms with Crippen LogP contribution in [-0.2, 0) is 6.61 Å². The van der Waals surface area contributed by atoms with E-state index < -0.39 is 0 Å². The highest BCUT2D eigenvalue weighted by molar-refractivity contribution is 5.94. The van der Waals surface area contributed by atoms with Crippen molar-refractivity contribution in [3.63, 3.8) is 0 Å². The van der Waals surface area contributed by atoms with Crippen LogP contribution in [-0.4, -0.2) is 30.5 Å². The number of para-hydroxylation sites is 1. The molecule has 0 atom stereocenters. The van der Waals surface area contributed by atoms with Crippen LogP contribution < -0.4 is 9.47 Å². The summed E-state index contributed by atoms with van der Waals surface area (Å²) < 4.78 is 11.9. The van der Waals surface area contributed by atoms with Gasteiger partial charge in [-0.25, -0.2) is 0 Å². The number of rotatable bonds is 9. The van der Waals surface area contributed by atoms with Crippen molar-refractivity contribution in [3.05, 3.63) is 59.2 Å². The van der Waals surface area contributed by atoms with E-state index in [1.54, 1.807) is 0 Å². The summed E-state index contributed by atoms with van der Waals surface area (Å²) in [7, 11) is 0. The lowest BCUT2D eigenvalue weighted by molar-refractivity contribution is 0.0772. The van der Waals surface area contributed by atoms with E-state index in [1.807, 2.05) is 62.1 Å². The molecule has 2 aromatic carbocycles. The molecule has 0 saturated carbocycles. The highest BCUT2D eigenvalue weighted by Gasteiger charge is 2.16. The highest BCUT2D eigenvalue weighted by Crippen LogP contribution is 2.28. The first-order valence-electron chi connectivity index (χ1n) is 9.78. The summed E-state index contributed by atoms with van der Waals surface area (Å²) in [5.74, 6) is 2.04. The van der Waals surface area contributed by atoms with Gasteiger partial charge in [0, 0.05) is 24.2 Å². The van der Waals surface area contributed by atoms with Gasteiger partial charge in [-0.05, 0) is 56.5 Å². The summed E-state index contributed by atoms with van der Waals surface area (Å²) >= 11 is 0. The molecule has 0 unspecified atom stereocenters. The molecule has 146 valence electrons. The van der Waals surface area contributed by atoms with Crippen LogP contribution in [0.25, 0.3) is 0 Å². The molecule has 0 saturated heterocycles. The normalized spacial score (nSPS) is 10.7. The minimum absolute atomic E-state index is 0.0341. The van der Waals surface area contributed by atoms with Gasteiger partial charge in [0.15, 0.2) is 0 Å². The van der Waals surface area contributed by atoms with E-state index in [4.69, 9.17) is 9.47 Å². The van der Waals surface area contributed by atoms with Gasteiger partial charge in [0.25, 0.3) is 5.91 Å². The van der Waals surface area contributed by atoms with Crippen LogP contribution in [0.3, 0.4) is 0 Å². The first-order valence-corrected chi connectivity index (χ1v) is 9.78. The molecule has 0 aliphatic carbocycles. The fraction of sp³-hybridized carbons (Fsp3) is 0.435. The van der Waals surface area contributed by atoms with Crippen molar-refractivity contribution in [2.75, 3.05) is 19.7 Å². The van der Waals surface area contributed by atoms with Crippen LogP contribution in [0.5, 0.6) is 11.5 Å². The molecule has 0 fully saturated rings. The third-order valence-corrected chi connectivity index (χ3v) is 4.58. The third kappa shape index (κ3) is 5.25. The predicted molar refractivity (Wildman–Crippen MR) is 110 cm³/mol. The number of ether oxygens (including phenoxy) is 2. The standard InChI is InChI=1S/C23H31NO3/c1-6-24(7-2)23(25)18-13-14-21(26-8-3)19(15-18)16-27-22-12-10-9-11-20(22)17(4)5/h9-15,17H,6-8,16H2,1-5H3. The molecule has 0 N–H and O–H groups in total. The molecule has 0 bridgehead atoms. The van der Waals surface area contributed by atoms with Crippen LogP contribution in [0, 0.1) is 0 Å². The maximum Gasteiger partial charge on any atom is 0.253 e. The second-order valence-electron chi connectivity index (χ2n) is 6.71. The molecule has 0 aromatic heterocycles. The van der Waals surface area contributed by atoms with Crippen molar-refractivity contribution in [2.45, 2.75) is 47.1 Å². The van der Waals surface area contributed by atoms with E-state index in [0.717, 1.165) is 17.1 Å². The number of benzene rings is 2. The quantitative estimate of drug-likeness (QED) is 0.604. The molecule has 0 radical (unpaired) electrons. The van der Waals surface area contributed by atoms with Gasteiger partial charge >= 0.3 is 0 Å². The Morgan fingerprint density at radius 3 is 2.30 bits per heavy atom. The van der Waals surface area contributed by atoms with Crippen LogP contribution in [0.1, 0.15) is 62.0 Å². The average Bonchev–Trinajstić information content (AvgIpc) is 2.68. The van der Waals surface area contributed by atoms with Crippen molar-refractivity contribution in [1.29, 1.82) is 0 Å². The molecule has 2 rings (SSSR count). The summed E-state index contributed by atoms with van der Waals surface area (Å²) in [6, 6.07) is 13.7. The van der Waals surface area contributed by atoms with Crippen molar-refractivity contribution in [3.8, 4) is 11.5 Å². The monoisotopic (exact) mass is 369 g/mol. The Kier molecular flexibility index (Phi) is 7.71. The zero-order valence-corrected chi connectivity index (χ0v) is 17.1. The molecule has 4 nitrogen and oxygen atoms in total. The highest BCUT2D eigenvalue weighted by atomic mass is 16.5. The van der Waals surface area contributed by atoms with Gasteiger partial charge in [-0.15, -0.1) is 0 Å². The number of carbonyl (C=O) groups is 1. The second kappa shape index (κ2) is 10.0. The van der Waals surface area contributed by atoms with E-state index >= 15 is 0 Å². The van der Waals surface area contributed by atoms with Gasteiger partial charge in [-0.2, -0.15) is 0 Å². The number of nitrogens with zero attached hydrogens (tertiary/aromatic N) is 1. The lowest BCUT2D eigenvalue weighted by Gasteiger charge is -2.20. The van der Waals surface area contributed by atoms with E-state index in [2.05, 4.69) is 19.9 Å². The maximum atomic E-state index is 12.7. The van der Waals surface area contributed by atoms with Gasteiger partial charge < -0.3 is 14.4 Å². The third-order valence-electron chi connectivity index (χ3n) is 4.58. The number of hydrogen-bond donors (Lipinski definition) is 0. The van der Waals surface area contributed by atoms with Gasteiger partial charge in [0.1, 0.15) is 18.1 Å². The van der Waals surface area contributed by atoms with Crippen LogP contribution in [0.4, 0.5) is 0 Å². The molecule has 0 aliphatic heterocycles. The minimum atomic E-state index is 0.0341. The van der Waals surface area contributed by atoms with Crippen LogP contribution in [0.2, 0.25) is 0 Å². The topological polar surface area (TPSA) is 38.8 Å².